The van der Waals surface area contributed by atoms with Crippen molar-refractivity contribution < 1.29 is 4.74 Å². The highest BCUT2D eigenvalue weighted by molar-refractivity contribution is 5.96. The molecule has 1 aromatic carbocycles. The molecule has 0 unspecified atom stereocenters. The molecule has 0 spiro atoms. The second kappa shape index (κ2) is 8.49. The van der Waals surface area contributed by atoms with E-state index in [-0.39, 0.29) is 0 Å². The molecular weight excluding hydrogens is 228 g/mol. The normalized spacial score (nSPS) is 10.1. The van der Waals surface area contributed by atoms with Gasteiger partial charge >= 0.3 is 0 Å². The van der Waals surface area contributed by atoms with E-state index in [4.69, 9.17) is 10.1 Å². The van der Waals surface area contributed by atoms with E-state index < -0.39 is 0 Å². The molecule has 0 aliphatic rings. The molecule has 0 bridgehead atoms. The van der Waals surface area contributed by atoms with Crippen molar-refractivity contribution in [1.29, 1.82) is 5.41 Å². The van der Waals surface area contributed by atoms with Crippen molar-refractivity contribution in [2.75, 3.05) is 40.3 Å². The lowest BCUT2D eigenvalue weighted by Crippen LogP contribution is -2.30. The van der Waals surface area contributed by atoms with Crippen LogP contribution in [-0.2, 0) is 0 Å². The van der Waals surface area contributed by atoms with Gasteiger partial charge in [0.05, 0.1) is 0 Å². The summed E-state index contributed by atoms with van der Waals surface area (Å²) in [7, 11) is 3.78. The van der Waals surface area contributed by atoms with Crippen LogP contribution in [0.15, 0.2) is 24.3 Å². The highest BCUT2D eigenvalue weighted by Crippen LogP contribution is 2.11. The van der Waals surface area contributed by atoms with Crippen molar-refractivity contribution in [2.45, 2.75) is 0 Å². The number of benzene rings is 1. The Morgan fingerprint density at radius 1 is 1.06 bits per heavy atom. The van der Waals surface area contributed by atoms with Crippen molar-refractivity contribution in [3.8, 4) is 5.75 Å². The lowest BCUT2D eigenvalue weighted by Gasteiger charge is -2.09. The highest BCUT2D eigenvalue weighted by Gasteiger charge is 2.00. The number of amidine groups is 1. The van der Waals surface area contributed by atoms with Crippen molar-refractivity contribution in [2.24, 2.45) is 0 Å². The summed E-state index contributed by atoms with van der Waals surface area (Å²) in [5.74, 6) is 1.27. The Morgan fingerprint density at radius 2 is 1.72 bits per heavy atom. The van der Waals surface area contributed by atoms with E-state index in [0.29, 0.717) is 12.4 Å². The third-order valence-electron chi connectivity index (χ3n) is 2.44. The Hall–Kier alpha value is -1.59. The van der Waals surface area contributed by atoms with Crippen molar-refractivity contribution in [3.05, 3.63) is 29.8 Å². The first-order chi connectivity index (χ1) is 8.77. The molecular formula is C13H22N4O. The lowest BCUT2D eigenvalue weighted by molar-refractivity contribution is 0.318. The first-order valence-corrected chi connectivity index (χ1v) is 6.12. The molecule has 0 saturated carbocycles. The van der Waals surface area contributed by atoms with Crippen LogP contribution < -0.4 is 20.7 Å². The third-order valence-corrected chi connectivity index (χ3v) is 2.44. The summed E-state index contributed by atoms with van der Waals surface area (Å²) in [5, 5.41) is 16.9. The third kappa shape index (κ3) is 5.16. The molecule has 0 fully saturated rings. The Labute approximate surface area is 108 Å². The molecule has 0 aliphatic carbocycles. The van der Waals surface area contributed by atoms with Gasteiger partial charge in [0.1, 0.15) is 18.2 Å². The Kier molecular flexibility index (Phi) is 6.83. The van der Waals surface area contributed by atoms with Gasteiger partial charge in [0.2, 0.25) is 0 Å². The molecule has 0 saturated heterocycles. The van der Waals surface area contributed by atoms with Crippen LogP contribution >= 0.6 is 0 Å². The molecule has 18 heavy (non-hydrogen) atoms. The molecule has 1 rings (SSSR count). The highest BCUT2D eigenvalue weighted by atomic mass is 16.5. The zero-order valence-electron chi connectivity index (χ0n) is 11.0. The van der Waals surface area contributed by atoms with Crippen LogP contribution in [0.1, 0.15) is 5.56 Å². The van der Waals surface area contributed by atoms with Gasteiger partial charge in [0.15, 0.2) is 0 Å². The fraction of sp³-hybridized carbons (Fsp3) is 0.462. The number of nitrogens with one attached hydrogen (secondary N) is 4. The molecule has 0 aliphatic heterocycles. The van der Waals surface area contributed by atoms with Gasteiger partial charge in [-0.2, -0.15) is 0 Å². The maximum atomic E-state index is 7.86. The minimum Gasteiger partial charge on any atom is -0.492 e. The Bertz CT molecular complexity index is 351. The predicted molar refractivity (Wildman–Crippen MR) is 74.6 cm³/mol. The van der Waals surface area contributed by atoms with E-state index in [1.807, 2.05) is 38.4 Å². The fourth-order valence-electron chi connectivity index (χ4n) is 1.40. The van der Waals surface area contributed by atoms with Crippen molar-refractivity contribution >= 4 is 5.84 Å². The van der Waals surface area contributed by atoms with Gasteiger partial charge in [0, 0.05) is 25.2 Å². The average Bonchev–Trinajstić information content (AvgIpc) is 2.40. The minimum absolute atomic E-state index is 0.437. The SMILES string of the molecule is CNCCNC(=N)c1ccc(OCCNC)cc1. The van der Waals surface area contributed by atoms with E-state index in [2.05, 4.69) is 16.0 Å². The average molecular weight is 250 g/mol. The van der Waals surface area contributed by atoms with E-state index in [1.54, 1.807) is 0 Å². The van der Waals surface area contributed by atoms with Gasteiger partial charge in [-0.15, -0.1) is 0 Å². The van der Waals surface area contributed by atoms with Gasteiger partial charge in [-0.3, -0.25) is 5.41 Å². The maximum absolute atomic E-state index is 7.86. The van der Waals surface area contributed by atoms with Gasteiger partial charge in [0.25, 0.3) is 0 Å². The summed E-state index contributed by atoms with van der Waals surface area (Å²) >= 11 is 0. The standard InChI is InChI=1S/C13H22N4O/c1-15-7-8-17-13(14)11-3-5-12(6-4-11)18-10-9-16-2/h3-6,15-16H,7-10H2,1-2H3,(H2,14,17). The summed E-state index contributed by atoms with van der Waals surface area (Å²) in [6, 6.07) is 7.56. The topological polar surface area (TPSA) is 69.2 Å². The lowest BCUT2D eigenvalue weighted by atomic mass is 10.2. The van der Waals surface area contributed by atoms with Crippen LogP contribution in [0.3, 0.4) is 0 Å². The van der Waals surface area contributed by atoms with Gasteiger partial charge < -0.3 is 20.7 Å². The summed E-state index contributed by atoms with van der Waals surface area (Å²) < 4.78 is 5.52. The molecule has 0 aromatic heterocycles. The van der Waals surface area contributed by atoms with Crippen LogP contribution in [0.25, 0.3) is 0 Å². The van der Waals surface area contributed by atoms with Crippen molar-refractivity contribution in [3.63, 3.8) is 0 Å². The van der Waals surface area contributed by atoms with Crippen LogP contribution in [0.5, 0.6) is 5.75 Å². The molecule has 0 heterocycles. The summed E-state index contributed by atoms with van der Waals surface area (Å²) in [5.41, 5.74) is 0.868. The first kappa shape index (κ1) is 14.5. The quantitative estimate of drug-likeness (QED) is 0.307. The van der Waals surface area contributed by atoms with E-state index >= 15 is 0 Å². The number of likely N-dealkylation sites (N-methyl/N-ethyl adjacent to an activating group) is 2. The Morgan fingerprint density at radius 3 is 2.33 bits per heavy atom. The Balaban J connectivity index is 2.41. The van der Waals surface area contributed by atoms with Crippen LogP contribution in [-0.4, -0.2) is 46.2 Å². The molecule has 0 amide bonds. The predicted octanol–water partition coefficient (Wildman–Crippen LogP) is 0.419. The smallest absolute Gasteiger partial charge is 0.125 e. The first-order valence-electron chi connectivity index (χ1n) is 6.12. The number of hydrogen-bond acceptors (Lipinski definition) is 4. The maximum Gasteiger partial charge on any atom is 0.125 e. The second-order valence-electron chi connectivity index (χ2n) is 3.88. The van der Waals surface area contributed by atoms with Crippen LogP contribution in [0.2, 0.25) is 0 Å². The summed E-state index contributed by atoms with van der Waals surface area (Å²) in [6.07, 6.45) is 0. The minimum atomic E-state index is 0.437. The zero-order chi connectivity index (χ0) is 13.2. The monoisotopic (exact) mass is 250 g/mol. The second-order valence-corrected chi connectivity index (χ2v) is 3.88. The van der Waals surface area contributed by atoms with E-state index in [0.717, 1.165) is 30.9 Å². The molecule has 0 atom stereocenters. The summed E-state index contributed by atoms with van der Waals surface area (Å²) in [4.78, 5) is 0. The largest absolute Gasteiger partial charge is 0.492 e. The molecule has 0 radical (unpaired) electrons. The number of hydrogen-bond donors (Lipinski definition) is 4. The molecule has 5 heteroatoms. The van der Waals surface area contributed by atoms with E-state index in [1.165, 1.54) is 0 Å². The van der Waals surface area contributed by atoms with Gasteiger partial charge in [-0.1, -0.05) is 0 Å². The van der Waals surface area contributed by atoms with Gasteiger partial charge in [-0.05, 0) is 38.4 Å². The summed E-state index contributed by atoms with van der Waals surface area (Å²) in [6.45, 7) is 3.06. The zero-order valence-corrected chi connectivity index (χ0v) is 11.0. The molecule has 100 valence electrons. The van der Waals surface area contributed by atoms with Crippen LogP contribution in [0, 0.1) is 5.41 Å². The van der Waals surface area contributed by atoms with Crippen LogP contribution in [0.4, 0.5) is 0 Å². The van der Waals surface area contributed by atoms with Gasteiger partial charge in [-0.25, -0.2) is 0 Å². The van der Waals surface area contributed by atoms with E-state index in [9.17, 15) is 0 Å². The van der Waals surface area contributed by atoms with Crippen molar-refractivity contribution in [1.82, 2.24) is 16.0 Å². The number of rotatable bonds is 8. The fourth-order valence-corrected chi connectivity index (χ4v) is 1.40. The number of ether oxygens (including phenoxy) is 1. The molecule has 5 nitrogen and oxygen atoms in total. The molecule has 4 N–H and O–H groups in total. The molecule has 1 aromatic rings.